The van der Waals surface area contributed by atoms with Crippen molar-refractivity contribution in [1.82, 2.24) is 14.6 Å². The molecular formula is C22H30N3O8P. The molecule has 2 heterocycles. The Labute approximate surface area is 197 Å². The van der Waals surface area contributed by atoms with Gasteiger partial charge in [0, 0.05) is 18.2 Å². The summed E-state index contributed by atoms with van der Waals surface area (Å²) in [5.74, 6) is -0.362. The van der Waals surface area contributed by atoms with Gasteiger partial charge >= 0.3 is 19.4 Å². The number of carbonyl (C=O) groups excluding carboxylic acids is 1. The summed E-state index contributed by atoms with van der Waals surface area (Å²) >= 11 is 0. The molecule has 0 amide bonds. The van der Waals surface area contributed by atoms with Crippen molar-refractivity contribution < 1.29 is 27.9 Å². The van der Waals surface area contributed by atoms with Crippen LogP contribution in [0, 0.1) is 5.92 Å². The largest absolute Gasteiger partial charge is 0.465 e. The maximum Gasteiger partial charge on any atom is 0.459 e. The van der Waals surface area contributed by atoms with E-state index in [2.05, 4.69) is 10.1 Å². The summed E-state index contributed by atoms with van der Waals surface area (Å²) in [4.78, 5) is 37.9. The minimum Gasteiger partial charge on any atom is -0.465 e. The van der Waals surface area contributed by atoms with E-state index < -0.39 is 43.3 Å². The van der Waals surface area contributed by atoms with Crippen molar-refractivity contribution in [3.05, 3.63) is 63.4 Å². The molecule has 34 heavy (non-hydrogen) atoms. The lowest BCUT2D eigenvalue weighted by atomic mass is 10.1. The van der Waals surface area contributed by atoms with Gasteiger partial charge in [-0.25, -0.2) is 9.36 Å². The third-order valence-corrected chi connectivity index (χ3v) is 6.78. The second kappa shape index (κ2) is 11.6. The molecule has 0 aliphatic carbocycles. The van der Waals surface area contributed by atoms with Crippen LogP contribution in [0.4, 0.5) is 0 Å². The fourth-order valence-electron chi connectivity index (χ4n) is 3.50. The van der Waals surface area contributed by atoms with Gasteiger partial charge in [0.1, 0.15) is 18.0 Å². The number of hydrogen-bond donors (Lipinski definition) is 2. The Hall–Kier alpha value is -2.72. The highest BCUT2D eigenvalue weighted by atomic mass is 31.2. The van der Waals surface area contributed by atoms with E-state index in [-0.39, 0.29) is 19.1 Å². The zero-order valence-electron chi connectivity index (χ0n) is 19.3. The molecule has 11 nitrogen and oxygen atoms in total. The van der Waals surface area contributed by atoms with Crippen molar-refractivity contribution in [1.29, 1.82) is 0 Å². The summed E-state index contributed by atoms with van der Waals surface area (Å²) in [6, 6.07) is 8.74. The van der Waals surface area contributed by atoms with Crippen LogP contribution in [0.1, 0.15) is 39.8 Å². The summed E-state index contributed by atoms with van der Waals surface area (Å²) < 4.78 is 37.2. The molecule has 12 heteroatoms. The lowest BCUT2D eigenvalue weighted by Gasteiger charge is -2.24. The number of benzene rings is 1. The minimum absolute atomic E-state index is 0.0810. The van der Waals surface area contributed by atoms with Gasteiger partial charge in [-0.1, -0.05) is 32.0 Å². The van der Waals surface area contributed by atoms with E-state index in [1.807, 2.05) is 13.8 Å². The van der Waals surface area contributed by atoms with E-state index in [4.69, 9.17) is 18.5 Å². The summed E-state index contributed by atoms with van der Waals surface area (Å²) in [5.41, 5.74) is -1.08. The number of H-pyrrole nitrogens is 1. The van der Waals surface area contributed by atoms with Crippen LogP contribution < -0.4 is 20.9 Å². The number of aromatic amines is 1. The quantitative estimate of drug-likeness (QED) is 0.356. The maximum atomic E-state index is 13.5. The lowest BCUT2D eigenvalue weighted by Crippen LogP contribution is -2.36. The van der Waals surface area contributed by atoms with Gasteiger partial charge in [0.2, 0.25) is 0 Å². The van der Waals surface area contributed by atoms with Crippen molar-refractivity contribution >= 4 is 13.7 Å². The van der Waals surface area contributed by atoms with E-state index in [0.29, 0.717) is 18.6 Å². The Bertz CT molecular complexity index is 1120. The van der Waals surface area contributed by atoms with Gasteiger partial charge < -0.3 is 14.0 Å². The smallest absolute Gasteiger partial charge is 0.459 e. The molecule has 1 aliphatic heterocycles. The van der Waals surface area contributed by atoms with Crippen LogP contribution in [0.2, 0.25) is 0 Å². The fraction of sp³-hybridized carbons (Fsp3) is 0.500. The number of esters is 1. The fourth-order valence-corrected chi connectivity index (χ4v) is 5.02. The monoisotopic (exact) mass is 495 g/mol. The molecular weight excluding hydrogens is 465 g/mol. The van der Waals surface area contributed by atoms with Crippen molar-refractivity contribution in [3.63, 3.8) is 0 Å². The van der Waals surface area contributed by atoms with Crippen LogP contribution in [0.15, 0.2) is 52.2 Å². The Morgan fingerprint density at radius 1 is 1.29 bits per heavy atom. The van der Waals surface area contributed by atoms with Gasteiger partial charge in [-0.15, -0.1) is 0 Å². The van der Waals surface area contributed by atoms with Gasteiger partial charge in [0.15, 0.2) is 0 Å². The summed E-state index contributed by atoms with van der Waals surface area (Å²) in [5, 5.41) is 2.63. The number of nitrogens with zero attached hydrogens (tertiary/aromatic N) is 1. The van der Waals surface area contributed by atoms with E-state index in [1.54, 1.807) is 30.3 Å². The van der Waals surface area contributed by atoms with Crippen LogP contribution in [0.25, 0.3) is 0 Å². The van der Waals surface area contributed by atoms with Crippen molar-refractivity contribution in [2.24, 2.45) is 5.92 Å². The number of para-hydroxylation sites is 1. The first-order chi connectivity index (χ1) is 16.2. The molecule has 1 aliphatic rings. The molecule has 2 N–H and O–H groups in total. The van der Waals surface area contributed by atoms with Crippen LogP contribution in [0.5, 0.6) is 5.75 Å². The third kappa shape index (κ3) is 6.89. The SMILES string of the molecule is CCCOC(=O)C(C)NP(=O)(OCC1C[C@H](C)[C@H](n2ccc(=O)[nH]c2=O)O1)Oc1ccccc1. The number of rotatable bonds is 11. The second-order valence-corrected chi connectivity index (χ2v) is 9.79. The topological polar surface area (TPSA) is 138 Å². The van der Waals surface area contributed by atoms with Crippen LogP contribution in [-0.4, -0.2) is 40.9 Å². The van der Waals surface area contributed by atoms with Gasteiger partial charge in [0.25, 0.3) is 5.56 Å². The number of nitrogens with one attached hydrogen (secondary N) is 2. The van der Waals surface area contributed by atoms with Gasteiger partial charge in [0.05, 0.1) is 19.3 Å². The molecule has 3 unspecified atom stereocenters. The highest BCUT2D eigenvalue weighted by molar-refractivity contribution is 7.52. The number of carbonyl (C=O) groups is 1. The zero-order valence-corrected chi connectivity index (χ0v) is 20.2. The van der Waals surface area contributed by atoms with Crippen LogP contribution >= 0.6 is 7.75 Å². The van der Waals surface area contributed by atoms with E-state index in [1.165, 1.54) is 23.8 Å². The molecule has 0 spiro atoms. The van der Waals surface area contributed by atoms with Crippen molar-refractivity contribution in [2.45, 2.75) is 52.0 Å². The standard InChI is InChI=1S/C22H30N3O8P/c1-4-12-30-21(27)16(3)24-34(29,33-17-8-6-5-7-9-17)31-14-18-13-15(2)20(32-18)25-11-10-19(26)23-22(25)28/h5-11,15-16,18,20H,4,12-14H2,1-3H3,(H,24,29)(H,23,26,28)/t15-,16?,18?,20+,34?/m0/s1. The molecule has 0 bridgehead atoms. The van der Waals surface area contributed by atoms with Crippen LogP contribution in [0.3, 0.4) is 0 Å². The molecule has 1 aromatic heterocycles. The molecule has 0 radical (unpaired) electrons. The molecule has 1 fully saturated rings. The summed E-state index contributed by atoms with van der Waals surface area (Å²) in [7, 11) is -4.01. The first-order valence-corrected chi connectivity index (χ1v) is 12.7. The van der Waals surface area contributed by atoms with E-state index in [0.717, 1.165) is 0 Å². The molecule has 186 valence electrons. The highest BCUT2D eigenvalue weighted by Crippen LogP contribution is 2.46. The van der Waals surface area contributed by atoms with Crippen molar-refractivity contribution in [3.8, 4) is 5.75 Å². The van der Waals surface area contributed by atoms with Crippen molar-refractivity contribution in [2.75, 3.05) is 13.2 Å². The molecule has 2 aromatic rings. The van der Waals surface area contributed by atoms with Crippen LogP contribution in [-0.2, 0) is 23.4 Å². The Kier molecular flexibility index (Phi) is 8.84. The molecule has 3 rings (SSSR count). The predicted molar refractivity (Wildman–Crippen MR) is 123 cm³/mol. The molecule has 1 saturated heterocycles. The average molecular weight is 495 g/mol. The minimum atomic E-state index is -4.01. The molecule has 1 aromatic carbocycles. The average Bonchev–Trinajstić information content (AvgIpc) is 3.17. The van der Waals surface area contributed by atoms with Gasteiger partial charge in [-0.05, 0) is 31.9 Å². The zero-order chi connectivity index (χ0) is 24.7. The first kappa shape index (κ1) is 25.9. The van der Waals surface area contributed by atoms with Gasteiger partial charge in [-0.3, -0.25) is 23.7 Å². The Balaban J connectivity index is 1.69. The number of aromatic nitrogens is 2. The highest BCUT2D eigenvalue weighted by Gasteiger charge is 2.38. The van der Waals surface area contributed by atoms with E-state index >= 15 is 0 Å². The third-order valence-electron chi connectivity index (χ3n) is 5.13. The Morgan fingerprint density at radius 2 is 2.03 bits per heavy atom. The number of ether oxygens (including phenoxy) is 2. The predicted octanol–water partition coefficient (Wildman–Crippen LogP) is 2.60. The normalized spacial score (nSPS) is 22.6. The summed E-state index contributed by atoms with van der Waals surface area (Å²) in [6.45, 7) is 5.40. The molecule has 0 saturated carbocycles. The molecule has 5 atom stereocenters. The second-order valence-electron chi connectivity index (χ2n) is 8.09. The summed E-state index contributed by atoms with van der Waals surface area (Å²) in [6.07, 6.45) is 1.42. The van der Waals surface area contributed by atoms with E-state index in [9.17, 15) is 18.9 Å². The van der Waals surface area contributed by atoms with Gasteiger partial charge in [-0.2, -0.15) is 5.09 Å². The first-order valence-electron chi connectivity index (χ1n) is 11.1. The maximum absolute atomic E-state index is 13.5. The Morgan fingerprint density at radius 3 is 2.71 bits per heavy atom. The lowest BCUT2D eigenvalue weighted by molar-refractivity contribution is -0.145. The number of hydrogen-bond acceptors (Lipinski definition) is 8.